The van der Waals surface area contributed by atoms with Crippen LogP contribution in [-0.2, 0) is 9.53 Å². The predicted octanol–water partition coefficient (Wildman–Crippen LogP) is -0.251. The molecule has 2 atom stereocenters. The van der Waals surface area contributed by atoms with Crippen molar-refractivity contribution in [2.24, 2.45) is 0 Å². The van der Waals surface area contributed by atoms with Gasteiger partial charge in [-0.25, -0.2) is 0 Å². The van der Waals surface area contributed by atoms with Gasteiger partial charge in [-0.05, 0) is 0 Å². The summed E-state index contributed by atoms with van der Waals surface area (Å²) < 4.78 is 4.88. The number of methoxy groups -OCH3 is 1. The van der Waals surface area contributed by atoms with Gasteiger partial charge < -0.3 is 9.84 Å². The average molecular weight is 177 g/mol. The Hall–Kier alpha value is -0.260. The molecule has 0 radical (unpaired) electrons. The van der Waals surface area contributed by atoms with Crippen LogP contribution in [-0.4, -0.2) is 42.0 Å². The summed E-state index contributed by atoms with van der Waals surface area (Å²) in [6, 6.07) is -0.403. The fourth-order valence-electron chi connectivity index (χ4n) is 0.923. The van der Waals surface area contributed by atoms with Gasteiger partial charge in [0.05, 0.1) is 12.0 Å². The molecule has 4 nitrogen and oxygen atoms in total. The SMILES string of the molecule is COCC1N[C@H](C(=O)O)CS1. The van der Waals surface area contributed by atoms with Crippen LogP contribution in [0.2, 0.25) is 0 Å². The van der Waals surface area contributed by atoms with Gasteiger partial charge in [0.2, 0.25) is 0 Å². The fourth-order valence-corrected chi connectivity index (χ4v) is 2.08. The number of hydrogen-bond acceptors (Lipinski definition) is 4. The minimum Gasteiger partial charge on any atom is -0.480 e. The predicted molar refractivity (Wildman–Crippen MR) is 42.7 cm³/mol. The topological polar surface area (TPSA) is 58.6 Å². The zero-order chi connectivity index (χ0) is 8.27. The molecule has 1 fully saturated rings. The molecule has 1 heterocycles. The van der Waals surface area contributed by atoms with E-state index in [1.807, 2.05) is 0 Å². The third kappa shape index (κ3) is 2.36. The second-order valence-electron chi connectivity index (χ2n) is 2.33. The highest BCUT2D eigenvalue weighted by atomic mass is 32.2. The summed E-state index contributed by atoms with van der Waals surface area (Å²) in [5.41, 5.74) is 0. The van der Waals surface area contributed by atoms with Crippen molar-refractivity contribution in [2.45, 2.75) is 11.4 Å². The normalized spacial score (nSPS) is 30.6. The smallest absolute Gasteiger partial charge is 0.321 e. The van der Waals surface area contributed by atoms with Crippen LogP contribution in [0.25, 0.3) is 0 Å². The van der Waals surface area contributed by atoms with Crippen molar-refractivity contribution in [3.8, 4) is 0 Å². The van der Waals surface area contributed by atoms with Gasteiger partial charge in [-0.2, -0.15) is 0 Å². The largest absolute Gasteiger partial charge is 0.480 e. The van der Waals surface area contributed by atoms with Crippen molar-refractivity contribution < 1.29 is 14.6 Å². The van der Waals surface area contributed by atoms with Gasteiger partial charge in [0.25, 0.3) is 0 Å². The Morgan fingerprint density at radius 3 is 3.09 bits per heavy atom. The number of carboxylic acid groups (broad SMARTS) is 1. The first-order valence-corrected chi connectivity index (χ1v) is 4.38. The number of thioether (sulfide) groups is 1. The van der Waals surface area contributed by atoms with Gasteiger partial charge in [-0.3, -0.25) is 10.1 Å². The molecule has 0 aromatic rings. The molecule has 11 heavy (non-hydrogen) atoms. The summed E-state index contributed by atoms with van der Waals surface area (Å²) in [5, 5.41) is 11.7. The number of rotatable bonds is 3. The van der Waals surface area contributed by atoms with E-state index in [0.717, 1.165) is 0 Å². The minimum atomic E-state index is -0.781. The lowest BCUT2D eigenvalue weighted by atomic mass is 10.3. The molecule has 2 N–H and O–H groups in total. The van der Waals surface area contributed by atoms with E-state index in [1.54, 1.807) is 18.9 Å². The average Bonchev–Trinajstić information content (AvgIpc) is 2.37. The van der Waals surface area contributed by atoms with Crippen LogP contribution >= 0.6 is 11.8 Å². The molecule has 0 aliphatic carbocycles. The molecule has 0 spiro atoms. The van der Waals surface area contributed by atoms with Crippen LogP contribution in [0.1, 0.15) is 0 Å². The molecule has 1 rings (SSSR count). The molecule has 1 unspecified atom stereocenters. The molecule has 1 aliphatic heterocycles. The van der Waals surface area contributed by atoms with E-state index in [1.165, 1.54) is 0 Å². The van der Waals surface area contributed by atoms with Crippen LogP contribution in [0.4, 0.5) is 0 Å². The summed E-state index contributed by atoms with van der Waals surface area (Å²) in [6.45, 7) is 0.564. The molecule has 0 aromatic carbocycles. The second-order valence-corrected chi connectivity index (χ2v) is 3.57. The highest BCUT2D eigenvalue weighted by Crippen LogP contribution is 2.18. The first kappa shape index (κ1) is 8.83. The van der Waals surface area contributed by atoms with E-state index in [-0.39, 0.29) is 5.37 Å². The second kappa shape index (κ2) is 3.94. The van der Waals surface area contributed by atoms with Gasteiger partial charge in [0.1, 0.15) is 6.04 Å². The quantitative estimate of drug-likeness (QED) is 0.622. The Morgan fingerprint density at radius 2 is 2.64 bits per heavy atom. The Kier molecular flexibility index (Phi) is 3.16. The van der Waals surface area contributed by atoms with E-state index in [0.29, 0.717) is 12.4 Å². The molecule has 5 heteroatoms. The van der Waals surface area contributed by atoms with E-state index >= 15 is 0 Å². The molecule has 0 bridgehead atoms. The highest BCUT2D eigenvalue weighted by molar-refractivity contribution is 8.00. The molecular formula is C6H11NO3S. The Morgan fingerprint density at radius 1 is 1.91 bits per heavy atom. The lowest BCUT2D eigenvalue weighted by molar-refractivity contribution is -0.138. The van der Waals surface area contributed by atoms with Crippen LogP contribution in [0.3, 0.4) is 0 Å². The van der Waals surface area contributed by atoms with Crippen molar-refractivity contribution in [1.82, 2.24) is 5.32 Å². The fraction of sp³-hybridized carbons (Fsp3) is 0.833. The number of aliphatic carboxylic acids is 1. The summed E-state index contributed by atoms with van der Waals surface area (Å²) >= 11 is 1.59. The van der Waals surface area contributed by atoms with E-state index < -0.39 is 12.0 Å². The first-order chi connectivity index (χ1) is 5.24. The van der Waals surface area contributed by atoms with Crippen LogP contribution in [0.15, 0.2) is 0 Å². The molecular weight excluding hydrogens is 166 g/mol. The van der Waals surface area contributed by atoms with Crippen LogP contribution in [0, 0.1) is 0 Å². The number of carbonyl (C=O) groups is 1. The zero-order valence-electron chi connectivity index (χ0n) is 6.24. The van der Waals surface area contributed by atoms with Gasteiger partial charge in [-0.1, -0.05) is 0 Å². The van der Waals surface area contributed by atoms with Crippen LogP contribution in [0.5, 0.6) is 0 Å². The molecule has 0 aromatic heterocycles. The Balaban J connectivity index is 2.29. The van der Waals surface area contributed by atoms with Gasteiger partial charge in [-0.15, -0.1) is 11.8 Å². The van der Waals surface area contributed by atoms with Crippen LogP contribution < -0.4 is 5.32 Å². The van der Waals surface area contributed by atoms with Gasteiger partial charge >= 0.3 is 5.97 Å². The monoisotopic (exact) mass is 177 g/mol. The standard InChI is InChI=1S/C6H11NO3S/c1-10-2-5-7-4(3-11-5)6(8)9/h4-5,7H,2-3H2,1H3,(H,8,9)/t4-,5?/m0/s1. The van der Waals surface area contributed by atoms with Gasteiger partial charge in [0.15, 0.2) is 0 Å². The highest BCUT2D eigenvalue weighted by Gasteiger charge is 2.28. The number of carboxylic acids is 1. The third-order valence-electron chi connectivity index (χ3n) is 1.47. The van der Waals surface area contributed by atoms with Gasteiger partial charge in [0, 0.05) is 12.9 Å². The molecule has 0 saturated carbocycles. The van der Waals surface area contributed by atoms with Crippen molar-refractivity contribution in [3.05, 3.63) is 0 Å². The van der Waals surface area contributed by atoms with E-state index in [9.17, 15) is 4.79 Å². The minimum absolute atomic E-state index is 0.140. The lowest BCUT2D eigenvalue weighted by Crippen LogP contribution is -2.38. The maximum absolute atomic E-state index is 10.4. The maximum atomic E-state index is 10.4. The first-order valence-electron chi connectivity index (χ1n) is 3.33. The molecule has 64 valence electrons. The zero-order valence-corrected chi connectivity index (χ0v) is 7.06. The lowest BCUT2D eigenvalue weighted by Gasteiger charge is -2.08. The Labute approximate surface area is 69.3 Å². The molecule has 1 saturated heterocycles. The summed E-state index contributed by atoms with van der Waals surface area (Å²) in [4.78, 5) is 10.4. The van der Waals surface area contributed by atoms with Crippen molar-refractivity contribution in [2.75, 3.05) is 19.5 Å². The van der Waals surface area contributed by atoms with E-state index in [2.05, 4.69) is 5.32 Å². The summed E-state index contributed by atoms with van der Waals surface area (Å²) in [6.07, 6.45) is 0. The Bertz CT molecular complexity index is 153. The number of nitrogens with one attached hydrogen (secondary N) is 1. The molecule has 0 amide bonds. The maximum Gasteiger partial charge on any atom is 0.321 e. The van der Waals surface area contributed by atoms with E-state index in [4.69, 9.17) is 9.84 Å². The van der Waals surface area contributed by atoms with Crippen molar-refractivity contribution in [3.63, 3.8) is 0 Å². The summed E-state index contributed by atoms with van der Waals surface area (Å²) in [5.74, 6) is -0.153. The third-order valence-corrected chi connectivity index (χ3v) is 2.67. The number of hydrogen-bond donors (Lipinski definition) is 2. The summed E-state index contributed by atoms with van der Waals surface area (Å²) in [7, 11) is 1.61. The van der Waals surface area contributed by atoms with Crippen molar-refractivity contribution >= 4 is 17.7 Å². The number of ether oxygens (including phenoxy) is 1. The molecule has 1 aliphatic rings. The van der Waals surface area contributed by atoms with Crippen molar-refractivity contribution in [1.29, 1.82) is 0 Å².